The zero-order chi connectivity index (χ0) is 18.3. The minimum absolute atomic E-state index is 0.0237. The molecule has 26 heavy (non-hydrogen) atoms. The van der Waals surface area contributed by atoms with Crippen LogP contribution in [-0.2, 0) is 13.6 Å². The molecule has 1 aliphatic heterocycles. The highest BCUT2D eigenvalue weighted by Gasteiger charge is 2.33. The highest BCUT2D eigenvalue weighted by Crippen LogP contribution is 2.25. The van der Waals surface area contributed by atoms with E-state index in [0.717, 1.165) is 42.4 Å². The zero-order valence-corrected chi connectivity index (χ0v) is 15.4. The molecule has 6 heteroatoms. The van der Waals surface area contributed by atoms with Gasteiger partial charge in [-0.15, -0.1) is 0 Å². The normalized spacial score (nSPS) is 14.5. The Labute approximate surface area is 153 Å². The fraction of sp³-hybridized carbons (Fsp3) is 0.350. The molecule has 1 aliphatic rings. The van der Waals surface area contributed by atoms with Gasteiger partial charge in [0.05, 0.1) is 0 Å². The molecular weight excluding hydrogens is 326 g/mol. The van der Waals surface area contributed by atoms with E-state index in [4.69, 9.17) is 0 Å². The maximum absolute atomic E-state index is 12.5. The van der Waals surface area contributed by atoms with Crippen LogP contribution in [0.5, 0.6) is 0 Å². The number of likely N-dealkylation sites (tertiary alicyclic amines) is 1. The molecule has 0 radical (unpaired) electrons. The number of amides is 1. The summed E-state index contributed by atoms with van der Waals surface area (Å²) in [5.74, 6) is 1.46. The van der Waals surface area contributed by atoms with Crippen LogP contribution in [0.4, 0.5) is 0 Å². The van der Waals surface area contributed by atoms with Gasteiger partial charge in [0, 0.05) is 55.7 Å². The van der Waals surface area contributed by atoms with E-state index in [1.165, 1.54) is 0 Å². The summed E-state index contributed by atoms with van der Waals surface area (Å²) in [7, 11) is 1.86. The lowest BCUT2D eigenvalue weighted by atomic mass is 9.99. The zero-order valence-electron chi connectivity index (χ0n) is 15.4. The van der Waals surface area contributed by atoms with Crippen LogP contribution in [0.3, 0.4) is 0 Å². The summed E-state index contributed by atoms with van der Waals surface area (Å²) < 4.78 is 4.00. The minimum Gasteiger partial charge on any atom is -0.336 e. The molecule has 134 valence electrons. The van der Waals surface area contributed by atoms with Gasteiger partial charge in [-0.1, -0.05) is 30.3 Å². The van der Waals surface area contributed by atoms with E-state index in [1.54, 1.807) is 4.68 Å². The number of hydrogen-bond acceptors (Lipinski definition) is 3. The number of aryl methyl sites for hydroxylation is 3. The second kappa shape index (κ2) is 6.44. The fourth-order valence-corrected chi connectivity index (χ4v) is 3.45. The molecule has 0 aliphatic carbocycles. The number of hydrogen-bond donors (Lipinski definition) is 0. The molecule has 6 nitrogen and oxygen atoms in total. The van der Waals surface area contributed by atoms with Crippen molar-refractivity contribution in [1.82, 2.24) is 24.2 Å². The number of nitrogens with zero attached hydrogens (tertiary/aromatic N) is 5. The minimum atomic E-state index is 0.0237. The summed E-state index contributed by atoms with van der Waals surface area (Å²) in [6.07, 6.45) is 1.92. The quantitative estimate of drug-likeness (QED) is 0.728. The van der Waals surface area contributed by atoms with Gasteiger partial charge < -0.3 is 9.47 Å². The second-order valence-corrected chi connectivity index (χ2v) is 7.07. The molecule has 0 saturated carbocycles. The Morgan fingerprint density at radius 2 is 1.88 bits per heavy atom. The van der Waals surface area contributed by atoms with Crippen molar-refractivity contribution < 1.29 is 4.79 Å². The van der Waals surface area contributed by atoms with Crippen molar-refractivity contribution in [2.24, 2.45) is 13.0 Å². The second-order valence-electron chi connectivity index (χ2n) is 7.07. The Morgan fingerprint density at radius 3 is 2.54 bits per heavy atom. The van der Waals surface area contributed by atoms with Gasteiger partial charge in [-0.3, -0.25) is 9.48 Å². The number of carbonyl (C=O) groups is 1. The first kappa shape index (κ1) is 16.6. The van der Waals surface area contributed by atoms with Crippen LogP contribution in [0.25, 0.3) is 11.4 Å². The van der Waals surface area contributed by atoms with Crippen LogP contribution >= 0.6 is 0 Å². The van der Waals surface area contributed by atoms with Crippen LogP contribution in [0.15, 0.2) is 42.6 Å². The highest BCUT2D eigenvalue weighted by molar-refractivity contribution is 5.92. The molecule has 0 N–H and O–H groups in total. The average molecular weight is 349 g/mol. The van der Waals surface area contributed by atoms with E-state index in [1.807, 2.05) is 49.3 Å². The Hall–Kier alpha value is -2.89. The molecule has 2 aromatic heterocycles. The molecule has 0 unspecified atom stereocenters. The van der Waals surface area contributed by atoms with Crippen molar-refractivity contribution in [3.8, 4) is 11.4 Å². The first-order valence-electron chi connectivity index (χ1n) is 8.90. The van der Waals surface area contributed by atoms with E-state index >= 15 is 0 Å². The van der Waals surface area contributed by atoms with Crippen LogP contribution in [0, 0.1) is 19.8 Å². The topological polar surface area (TPSA) is 56.0 Å². The van der Waals surface area contributed by atoms with E-state index in [-0.39, 0.29) is 5.91 Å². The number of imidazole rings is 1. The fourth-order valence-electron chi connectivity index (χ4n) is 3.45. The third-order valence-electron chi connectivity index (χ3n) is 5.11. The first-order valence-corrected chi connectivity index (χ1v) is 8.90. The lowest BCUT2D eigenvalue weighted by Gasteiger charge is -2.39. The van der Waals surface area contributed by atoms with Crippen molar-refractivity contribution >= 4 is 5.91 Å². The SMILES string of the molecule is Cc1cc(C(=O)N2CC(Cn3c(C)cnc3-c3ccccc3)C2)nn1C. The van der Waals surface area contributed by atoms with Gasteiger partial charge in [0.15, 0.2) is 5.69 Å². The molecule has 1 aromatic carbocycles. The largest absolute Gasteiger partial charge is 0.336 e. The molecule has 3 heterocycles. The number of carbonyl (C=O) groups excluding carboxylic acids is 1. The van der Waals surface area contributed by atoms with Gasteiger partial charge in [-0.05, 0) is 19.9 Å². The van der Waals surface area contributed by atoms with Gasteiger partial charge >= 0.3 is 0 Å². The molecule has 3 aromatic rings. The van der Waals surface area contributed by atoms with Crippen molar-refractivity contribution in [2.75, 3.05) is 13.1 Å². The molecular formula is C20H23N5O. The molecule has 0 atom stereocenters. The highest BCUT2D eigenvalue weighted by atomic mass is 16.2. The van der Waals surface area contributed by atoms with E-state index < -0.39 is 0 Å². The van der Waals surface area contributed by atoms with Gasteiger partial charge in [0.1, 0.15) is 5.82 Å². The monoisotopic (exact) mass is 349 g/mol. The molecule has 1 amide bonds. The van der Waals surface area contributed by atoms with Crippen LogP contribution in [0.1, 0.15) is 21.9 Å². The van der Waals surface area contributed by atoms with Gasteiger partial charge in [-0.2, -0.15) is 5.10 Å². The maximum atomic E-state index is 12.5. The van der Waals surface area contributed by atoms with Crippen molar-refractivity contribution in [3.63, 3.8) is 0 Å². The van der Waals surface area contributed by atoms with E-state index in [9.17, 15) is 4.79 Å². The predicted octanol–water partition coefficient (Wildman–Crippen LogP) is 2.67. The number of aromatic nitrogens is 4. The molecule has 0 bridgehead atoms. The summed E-state index contributed by atoms with van der Waals surface area (Å²) in [5.41, 5.74) is 3.80. The summed E-state index contributed by atoms with van der Waals surface area (Å²) in [4.78, 5) is 19.0. The van der Waals surface area contributed by atoms with Crippen LogP contribution in [0.2, 0.25) is 0 Å². The Kier molecular flexibility index (Phi) is 4.11. The van der Waals surface area contributed by atoms with Crippen molar-refractivity contribution in [2.45, 2.75) is 20.4 Å². The van der Waals surface area contributed by atoms with Gasteiger partial charge in [0.25, 0.3) is 5.91 Å². The molecule has 0 spiro atoms. The first-order chi connectivity index (χ1) is 12.5. The van der Waals surface area contributed by atoms with E-state index in [2.05, 4.69) is 33.7 Å². The van der Waals surface area contributed by atoms with E-state index in [0.29, 0.717) is 11.6 Å². The summed E-state index contributed by atoms with van der Waals surface area (Å²) in [6.45, 7) is 6.44. The third kappa shape index (κ3) is 2.92. The number of benzene rings is 1. The summed E-state index contributed by atoms with van der Waals surface area (Å²) >= 11 is 0. The summed E-state index contributed by atoms with van der Waals surface area (Å²) in [5, 5.41) is 4.29. The third-order valence-corrected chi connectivity index (χ3v) is 5.11. The molecule has 4 rings (SSSR count). The smallest absolute Gasteiger partial charge is 0.274 e. The number of rotatable bonds is 4. The van der Waals surface area contributed by atoms with Crippen molar-refractivity contribution in [1.29, 1.82) is 0 Å². The molecule has 1 fully saturated rings. The van der Waals surface area contributed by atoms with Crippen LogP contribution < -0.4 is 0 Å². The lowest BCUT2D eigenvalue weighted by molar-refractivity contribution is 0.0462. The van der Waals surface area contributed by atoms with Crippen molar-refractivity contribution in [3.05, 3.63) is 59.7 Å². The van der Waals surface area contributed by atoms with Gasteiger partial charge in [0.2, 0.25) is 0 Å². The Balaban J connectivity index is 1.43. The Morgan fingerprint density at radius 1 is 1.15 bits per heavy atom. The standard InChI is InChI=1S/C20H23N5O/c1-14-9-18(22-23(14)3)20(26)24-11-16(12-24)13-25-15(2)10-21-19(25)17-7-5-4-6-8-17/h4-10,16H,11-13H2,1-3H3. The lowest BCUT2D eigenvalue weighted by Crippen LogP contribution is -2.51. The van der Waals surface area contributed by atoms with Gasteiger partial charge in [-0.25, -0.2) is 4.98 Å². The molecule has 1 saturated heterocycles. The predicted molar refractivity (Wildman–Crippen MR) is 99.7 cm³/mol. The summed E-state index contributed by atoms with van der Waals surface area (Å²) in [6, 6.07) is 12.1. The maximum Gasteiger partial charge on any atom is 0.274 e. The Bertz CT molecular complexity index is 915. The van der Waals surface area contributed by atoms with Crippen LogP contribution in [-0.4, -0.2) is 43.2 Å². The average Bonchev–Trinajstić information content (AvgIpc) is 3.14.